The number of aliphatic hydroxyl groups excluding tert-OH is 1. The second-order valence-electron chi connectivity index (χ2n) is 6.26. The van der Waals surface area contributed by atoms with Crippen molar-refractivity contribution in [2.75, 3.05) is 0 Å². The largest absolute Gasteiger partial charge is 0.469 e. The van der Waals surface area contributed by atoms with Crippen molar-refractivity contribution in [3.8, 4) is 0 Å². The summed E-state index contributed by atoms with van der Waals surface area (Å²) >= 11 is 0. The van der Waals surface area contributed by atoms with Crippen LogP contribution in [0.15, 0.2) is 47.1 Å². The average Bonchev–Trinajstić information content (AvgIpc) is 3.06. The molecule has 1 rings (SSSR count). The summed E-state index contributed by atoms with van der Waals surface area (Å²) < 4.78 is 5.33. The Morgan fingerprint density at radius 2 is 1.87 bits per heavy atom. The van der Waals surface area contributed by atoms with E-state index in [-0.39, 0.29) is 6.10 Å². The van der Waals surface area contributed by atoms with Gasteiger partial charge in [-0.15, -0.1) is 0 Å². The van der Waals surface area contributed by atoms with E-state index in [1.54, 1.807) is 6.26 Å². The van der Waals surface area contributed by atoms with Crippen molar-refractivity contribution in [1.29, 1.82) is 0 Å². The van der Waals surface area contributed by atoms with Crippen molar-refractivity contribution < 1.29 is 9.52 Å². The van der Waals surface area contributed by atoms with Crippen LogP contribution < -0.4 is 0 Å². The SMILES string of the molecule is CCCCC[C@@H](O)/C=C/C=C/CCCCCCCc1ccco1. The molecule has 1 aromatic rings. The van der Waals surface area contributed by atoms with E-state index in [2.05, 4.69) is 25.1 Å². The van der Waals surface area contributed by atoms with Gasteiger partial charge in [0.2, 0.25) is 0 Å². The fraction of sp³-hybridized carbons (Fsp3) is 0.619. The molecule has 0 fully saturated rings. The fourth-order valence-electron chi connectivity index (χ4n) is 2.61. The van der Waals surface area contributed by atoms with Gasteiger partial charge in [-0.1, -0.05) is 69.8 Å². The minimum absolute atomic E-state index is 0.277. The number of unbranched alkanes of at least 4 members (excludes halogenated alkanes) is 7. The second-order valence-corrected chi connectivity index (χ2v) is 6.26. The standard InChI is InChI=1S/C21H34O2/c1-2-3-11-15-20(22)16-12-9-7-5-4-6-8-10-13-17-21-18-14-19-23-21/h7,9,12,14,16,18-20,22H,2-6,8,10-11,13,15,17H2,1H3/b9-7+,16-12+/t20-/m1/s1. The lowest BCUT2D eigenvalue weighted by atomic mass is 10.1. The predicted molar refractivity (Wildman–Crippen MR) is 98.5 cm³/mol. The maximum atomic E-state index is 9.74. The fourth-order valence-corrected chi connectivity index (χ4v) is 2.61. The van der Waals surface area contributed by atoms with Gasteiger partial charge in [-0.05, 0) is 37.8 Å². The number of rotatable bonds is 14. The highest BCUT2D eigenvalue weighted by atomic mass is 16.3. The number of hydrogen-bond acceptors (Lipinski definition) is 2. The molecule has 1 atom stereocenters. The van der Waals surface area contributed by atoms with Gasteiger partial charge in [0.25, 0.3) is 0 Å². The summed E-state index contributed by atoms with van der Waals surface area (Å²) in [5.74, 6) is 1.11. The van der Waals surface area contributed by atoms with Crippen LogP contribution in [0.25, 0.3) is 0 Å². The molecule has 0 saturated carbocycles. The summed E-state index contributed by atoms with van der Waals surface area (Å²) in [5, 5.41) is 9.74. The topological polar surface area (TPSA) is 33.4 Å². The number of allylic oxidation sites excluding steroid dienone is 3. The van der Waals surface area contributed by atoms with Crippen molar-refractivity contribution >= 4 is 0 Å². The summed E-state index contributed by atoms with van der Waals surface area (Å²) in [4.78, 5) is 0. The lowest BCUT2D eigenvalue weighted by Gasteiger charge is -2.03. The molecular formula is C21H34O2. The number of hydrogen-bond donors (Lipinski definition) is 1. The van der Waals surface area contributed by atoms with Gasteiger partial charge < -0.3 is 9.52 Å². The molecule has 0 bridgehead atoms. The zero-order chi connectivity index (χ0) is 16.6. The third kappa shape index (κ3) is 11.9. The molecule has 1 aromatic heterocycles. The van der Waals surface area contributed by atoms with E-state index in [4.69, 9.17) is 4.42 Å². The monoisotopic (exact) mass is 318 g/mol. The van der Waals surface area contributed by atoms with Gasteiger partial charge in [0, 0.05) is 6.42 Å². The summed E-state index contributed by atoms with van der Waals surface area (Å²) in [6.45, 7) is 2.18. The number of aryl methyl sites for hydroxylation is 1. The molecule has 0 aromatic carbocycles. The van der Waals surface area contributed by atoms with Gasteiger partial charge in [-0.3, -0.25) is 0 Å². The molecular weight excluding hydrogens is 284 g/mol. The van der Waals surface area contributed by atoms with Crippen LogP contribution in [-0.2, 0) is 6.42 Å². The van der Waals surface area contributed by atoms with Crippen LogP contribution in [0.5, 0.6) is 0 Å². The number of aliphatic hydroxyl groups is 1. The zero-order valence-corrected chi connectivity index (χ0v) is 14.8. The Labute approximate surface area is 142 Å². The Hall–Kier alpha value is -1.28. The minimum Gasteiger partial charge on any atom is -0.469 e. The highest BCUT2D eigenvalue weighted by Crippen LogP contribution is 2.10. The highest BCUT2D eigenvalue weighted by molar-refractivity contribution is 5.04. The van der Waals surface area contributed by atoms with Gasteiger partial charge in [0.15, 0.2) is 0 Å². The molecule has 23 heavy (non-hydrogen) atoms. The first-order valence-corrected chi connectivity index (χ1v) is 9.36. The summed E-state index contributed by atoms with van der Waals surface area (Å²) in [5.41, 5.74) is 0. The summed E-state index contributed by atoms with van der Waals surface area (Å²) in [6.07, 6.45) is 22.6. The van der Waals surface area contributed by atoms with Gasteiger partial charge in [0.05, 0.1) is 12.4 Å². The van der Waals surface area contributed by atoms with E-state index in [0.29, 0.717) is 0 Å². The van der Waals surface area contributed by atoms with Crippen molar-refractivity contribution in [3.63, 3.8) is 0 Å². The van der Waals surface area contributed by atoms with E-state index in [9.17, 15) is 5.11 Å². The summed E-state index contributed by atoms with van der Waals surface area (Å²) in [6, 6.07) is 4.01. The molecule has 0 radical (unpaired) electrons. The van der Waals surface area contributed by atoms with E-state index in [1.807, 2.05) is 18.2 Å². The zero-order valence-electron chi connectivity index (χ0n) is 14.8. The van der Waals surface area contributed by atoms with Crippen LogP contribution in [0, 0.1) is 0 Å². The molecule has 0 spiro atoms. The van der Waals surface area contributed by atoms with Crippen molar-refractivity contribution in [3.05, 3.63) is 48.5 Å². The molecule has 0 saturated heterocycles. The van der Waals surface area contributed by atoms with Crippen LogP contribution >= 0.6 is 0 Å². The van der Waals surface area contributed by atoms with Gasteiger partial charge in [-0.25, -0.2) is 0 Å². The predicted octanol–water partition coefficient (Wildman–Crippen LogP) is 6.22. The Balaban J connectivity index is 1.87. The molecule has 2 nitrogen and oxygen atoms in total. The second kappa shape index (κ2) is 14.3. The molecule has 0 aliphatic carbocycles. The van der Waals surface area contributed by atoms with E-state index >= 15 is 0 Å². The molecule has 2 heteroatoms. The Bertz CT molecular complexity index is 403. The molecule has 130 valence electrons. The maximum absolute atomic E-state index is 9.74. The van der Waals surface area contributed by atoms with Crippen molar-refractivity contribution in [2.45, 2.75) is 83.7 Å². The normalized spacial score (nSPS) is 13.3. The van der Waals surface area contributed by atoms with Gasteiger partial charge in [-0.2, -0.15) is 0 Å². The van der Waals surface area contributed by atoms with Crippen molar-refractivity contribution in [1.82, 2.24) is 0 Å². The lowest BCUT2D eigenvalue weighted by molar-refractivity contribution is 0.208. The van der Waals surface area contributed by atoms with E-state index < -0.39 is 0 Å². The van der Waals surface area contributed by atoms with E-state index in [1.165, 1.54) is 44.9 Å². The van der Waals surface area contributed by atoms with E-state index in [0.717, 1.165) is 31.4 Å². The van der Waals surface area contributed by atoms with Crippen LogP contribution in [0.4, 0.5) is 0 Å². The quantitative estimate of drug-likeness (QED) is 0.326. The first-order valence-electron chi connectivity index (χ1n) is 9.36. The molecule has 1 heterocycles. The van der Waals surface area contributed by atoms with Gasteiger partial charge >= 0.3 is 0 Å². The lowest BCUT2D eigenvalue weighted by Crippen LogP contribution is -2.00. The smallest absolute Gasteiger partial charge is 0.103 e. The molecule has 0 aliphatic heterocycles. The molecule has 1 N–H and O–H groups in total. The van der Waals surface area contributed by atoms with Crippen LogP contribution in [0.1, 0.15) is 76.9 Å². The Kier molecular flexibility index (Phi) is 12.3. The average molecular weight is 319 g/mol. The van der Waals surface area contributed by atoms with Crippen LogP contribution in [0.3, 0.4) is 0 Å². The molecule has 0 unspecified atom stereocenters. The van der Waals surface area contributed by atoms with Gasteiger partial charge in [0.1, 0.15) is 5.76 Å². The molecule has 0 aliphatic rings. The first kappa shape index (κ1) is 19.8. The maximum Gasteiger partial charge on any atom is 0.103 e. The van der Waals surface area contributed by atoms with Crippen molar-refractivity contribution in [2.24, 2.45) is 0 Å². The highest BCUT2D eigenvalue weighted by Gasteiger charge is 1.97. The minimum atomic E-state index is -0.277. The summed E-state index contributed by atoms with van der Waals surface area (Å²) in [7, 11) is 0. The van der Waals surface area contributed by atoms with Crippen LogP contribution in [0.2, 0.25) is 0 Å². The molecule has 0 amide bonds. The Morgan fingerprint density at radius 1 is 1.04 bits per heavy atom. The number of furan rings is 1. The third-order valence-electron chi connectivity index (χ3n) is 4.06. The Morgan fingerprint density at radius 3 is 2.65 bits per heavy atom. The third-order valence-corrected chi connectivity index (χ3v) is 4.06. The first-order chi connectivity index (χ1) is 11.3. The van der Waals surface area contributed by atoms with Crippen LogP contribution in [-0.4, -0.2) is 11.2 Å².